The molecule has 2 aliphatic rings. The van der Waals surface area contributed by atoms with Crippen LogP contribution in [0.2, 0.25) is 0 Å². The molecule has 3 N–H and O–H groups in total. The number of nitrogens with one attached hydrogen (secondary N) is 2. The molecule has 1 fully saturated rings. The predicted octanol–water partition coefficient (Wildman–Crippen LogP) is 1.63. The van der Waals surface area contributed by atoms with Gasteiger partial charge >= 0.3 is 5.97 Å². The van der Waals surface area contributed by atoms with Crippen molar-refractivity contribution in [2.75, 3.05) is 12.4 Å². The summed E-state index contributed by atoms with van der Waals surface area (Å²) in [7, 11) is 1.52. The summed E-state index contributed by atoms with van der Waals surface area (Å²) in [5.41, 5.74) is -0.0164. The van der Waals surface area contributed by atoms with E-state index in [2.05, 4.69) is 10.6 Å². The highest BCUT2D eigenvalue weighted by Crippen LogP contribution is 2.37. The maximum atomic E-state index is 12.8. The first kappa shape index (κ1) is 16.3. The normalized spacial score (nSPS) is 21.5. The number of anilines is 1. The van der Waals surface area contributed by atoms with E-state index in [1.807, 2.05) is 0 Å². The summed E-state index contributed by atoms with van der Waals surface area (Å²) in [5, 5.41) is 15.0. The first-order valence-electron chi connectivity index (χ1n) is 7.98. The largest absolute Gasteiger partial charge is 0.497 e. The third-order valence-electron chi connectivity index (χ3n) is 4.84. The van der Waals surface area contributed by atoms with Crippen LogP contribution in [0.15, 0.2) is 18.2 Å². The fraction of sp³-hybridized carbons (Fsp3) is 0.471. The van der Waals surface area contributed by atoms with E-state index in [0.29, 0.717) is 29.8 Å². The third kappa shape index (κ3) is 2.81. The van der Waals surface area contributed by atoms with Crippen molar-refractivity contribution in [3.63, 3.8) is 0 Å². The Morgan fingerprint density at radius 1 is 1.33 bits per heavy atom. The van der Waals surface area contributed by atoms with Crippen molar-refractivity contribution < 1.29 is 24.2 Å². The number of carboxylic acids is 1. The van der Waals surface area contributed by atoms with E-state index in [9.17, 15) is 19.5 Å². The molecule has 24 heavy (non-hydrogen) atoms. The highest BCUT2D eigenvalue weighted by atomic mass is 16.5. The third-order valence-corrected chi connectivity index (χ3v) is 4.84. The summed E-state index contributed by atoms with van der Waals surface area (Å²) in [5.74, 6) is -1.84. The molecule has 0 bridgehead atoms. The van der Waals surface area contributed by atoms with Crippen LogP contribution in [0, 0.1) is 0 Å². The summed E-state index contributed by atoms with van der Waals surface area (Å²) in [6, 6.07) is 5.10. The quantitative estimate of drug-likeness (QED) is 0.777. The van der Waals surface area contributed by atoms with Crippen LogP contribution in [-0.4, -0.2) is 35.5 Å². The van der Waals surface area contributed by atoms with E-state index < -0.39 is 23.3 Å². The number of rotatable bonds is 4. The molecule has 0 radical (unpaired) electrons. The van der Waals surface area contributed by atoms with Gasteiger partial charge in [-0.05, 0) is 36.6 Å². The minimum absolute atomic E-state index is 0.0122. The zero-order valence-electron chi connectivity index (χ0n) is 13.4. The number of hydrogen-bond acceptors (Lipinski definition) is 4. The molecule has 1 saturated carbocycles. The van der Waals surface area contributed by atoms with E-state index in [1.54, 1.807) is 18.2 Å². The maximum absolute atomic E-state index is 12.8. The van der Waals surface area contributed by atoms with Crippen molar-refractivity contribution in [3.05, 3.63) is 23.8 Å². The Hall–Kier alpha value is -2.57. The minimum Gasteiger partial charge on any atom is -0.497 e. The van der Waals surface area contributed by atoms with E-state index in [4.69, 9.17) is 4.74 Å². The first-order valence-corrected chi connectivity index (χ1v) is 7.98. The highest BCUT2D eigenvalue weighted by molar-refractivity contribution is 6.02. The molecule has 7 nitrogen and oxygen atoms in total. The average molecular weight is 332 g/mol. The molecule has 1 atom stereocenters. The fourth-order valence-electron chi connectivity index (χ4n) is 3.49. The summed E-state index contributed by atoms with van der Waals surface area (Å²) in [6.07, 6.45) is 2.35. The molecule has 1 aliphatic heterocycles. The lowest BCUT2D eigenvalue weighted by Crippen LogP contribution is -2.54. The Morgan fingerprint density at radius 3 is 2.67 bits per heavy atom. The number of amides is 2. The van der Waals surface area contributed by atoms with Gasteiger partial charge in [-0.1, -0.05) is 12.8 Å². The summed E-state index contributed by atoms with van der Waals surface area (Å²) < 4.78 is 5.19. The van der Waals surface area contributed by atoms with Crippen molar-refractivity contribution >= 4 is 23.5 Å². The molecule has 3 rings (SSSR count). The van der Waals surface area contributed by atoms with E-state index in [0.717, 1.165) is 12.8 Å². The number of benzene rings is 1. The Morgan fingerprint density at radius 2 is 2.04 bits per heavy atom. The number of methoxy groups -OCH3 is 1. The molecule has 0 spiro atoms. The molecule has 1 heterocycles. The van der Waals surface area contributed by atoms with Crippen molar-refractivity contribution in [2.24, 2.45) is 0 Å². The first-order chi connectivity index (χ1) is 11.4. The van der Waals surface area contributed by atoms with E-state index in [-0.39, 0.29) is 12.3 Å². The van der Waals surface area contributed by atoms with Crippen molar-refractivity contribution in [3.8, 4) is 5.75 Å². The Kier molecular flexibility index (Phi) is 4.17. The average Bonchev–Trinajstić information content (AvgIpc) is 3.03. The molecule has 0 unspecified atom stereocenters. The Balaban J connectivity index is 1.90. The molecular weight excluding hydrogens is 312 g/mol. The highest BCUT2D eigenvalue weighted by Gasteiger charge is 2.44. The molecule has 1 aromatic carbocycles. The van der Waals surface area contributed by atoms with Gasteiger partial charge in [0, 0.05) is 12.1 Å². The number of carbonyl (C=O) groups excluding carboxylic acids is 2. The van der Waals surface area contributed by atoms with Crippen LogP contribution in [0.3, 0.4) is 0 Å². The molecule has 2 amide bonds. The SMILES string of the molecule is COc1ccc2c(c1)[C@@H](C(=O)NC1(C(=O)O)CCCC1)CC(=O)N2. The molecule has 0 aromatic heterocycles. The van der Waals surface area contributed by atoms with E-state index >= 15 is 0 Å². The molecule has 7 heteroatoms. The minimum atomic E-state index is -1.22. The van der Waals surface area contributed by atoms with Crippen LogP contribution in [0.25, 0.3) is 0 Å². The van der Waals surface area contributed by atoms with Crippen LogP contribution in [-0.2, 0) is 14.4 Å². The number of fused-ring (bicyclic) bond motifs is 1. The fourth-order valence-corrected chi connectivity index (χ4v) is 3.49. The van der Waals surface area contributed by atoms with Crippen molar-refractivity contribution in [1.82, 2.24) is 5.32 Å². The van der Waals surface area contributed by atoms with Crippen molar-refractivity contribution in [1.29, 1.82) is 0 Å². The second-order valence-electron chi connectivity index (χ2n) is 6.34. The van der Waals surface area contributed by atoms with Gasteiger partial charge in [0.05, 0.1) is 13.0 Å². The summed E-state index contributed by atoms with van der Waals surface area (Å²) in [4.78, 5) is 36.3. The topological polar surface area (TPSA) is 105 Å². The zero-order chi connectivity index (χ0) is 17.3. The lowest BCUT2D eigenvalue weighted by Gasteiger charge is -2.30. The number of hydrogen-bond donors (Lipinski definition) is 3. The Labute approximate surface area is 139 Å². The van der Waals surface area contributed by atoms with Crippen LogP contribution in [0.5, 0.6) is 5.75 Å². The second-order valence-corrected chi connectivity index (χ2v) is 6.34. The summed E-state index contributed by atoms with van der Waals surface area (Å²) in [6.45, 7) is 0. The van der Waals surface area contributed by atoms with Crippen LogP contribution in [0.1, 0.15) is 43.6 Å². The van der Waals surface area contributed by atoms with Gasteiger partial charge in [0.2, 0.25) is 11.8 Å². The molecule has 128 valence electrons. The lowest BCUT2D eigenvalue weighted by molar-refractivity contribution is -0.147. The van der Waals surface area contributed by atoms with Gasteiger partial charge in [-0.25, -0.2) is 4.79 Å². The van der Waals surface area contributed by atoms with Crippen molar-refractivity contribution in [2.45, 2.75) is 43.6 Å². The number of aliphatic carboxylic acids is 1. The standard InChI is InChI=1S/C17H20N2O5/c1-24-10-4-5-13-11(8-10)12(9-14(20)18-13)15(21)19-17(16(22)23)6-2-3-7-17/h4-5,8,12H,2-3,6-7,9H2,1H3,(H,18,20)(H,19,21)(H,22,23)/t12-/m0/s1. The van der Waals surface area contributed by atoms with Crippen LogP contribution < -0.4 is 15.4 Å². The number of ether oxygens (including phenoxy) is 1. The van der Waals surface area contributed by atoms with Gasteiger partial charge in [0.15, 0.2) is 0 Å². The van der Waals surface area contributed by atoms with Crippen LogP contribution >= 0.6 is 0 Å². The number of carbonyl (C=O) groups is 3. The molecule has 0 saturated heterocycles. The monoisotopic (exact) mass is 332 g/mol. The zero-order valence-corrected chi connectivity index (χ0v) is 13.4. The van der Waals surface area contributed by atoms with Gasteiger partial charge < -0.3 is 20.5 Å². The number of carboxylic acid groups (broad SMARTS) is 1. The van der Waals surface area contributed by atoms with Crippen LogP contribution in [0.4, 0.5) is 5.69 Å². The second kappa shape index (κ2) is 6.14. The van der Waals surface area contributed by atoms with E-state index in [1.165, 1.54) is 7.11 Å². The van der Waals surface area contributed by atoms with Gasteiger partial charge in [0.25, 0.3) is 0 Å². The van der Waals surface area contributed by atoms with Gasteiger partial charge in [-0.15, -0.1) is 0 Å². The maximum Gasteiger partial charge on any atom is 0.329 e. The molecule has 1 aromatic rings. The Bertz CT molecular complexity index is 694. The molecule has 1 aliphatic carbocycles. The van der Waals surface area contributed by atoms with Gasteiger partial charge in [0.1, 0.15) is 11.3 Å². The predicted molar refractivity (Wildman–Crippen MR) is 86.0 cm³/mol. The lowest BCUT2D eigenvalue weighted by atomic mass is 9.88. The van der Waals surface area contributed by atoms with Gasteiger partial charge in [-0.2, -0.15) is 0 Å². The summed E-state index contributed by atoms with van der Waals surface area (Å²) >= 11 is 0. The van der Waals surface area contributed by atoms with Gasteiger partial charge in [-0.3, -0.25) is 9.59 Å². The smallest absolute Gasteiger partial charge is 0.329 e. The molecular formula is C17H20N2O5.